The molecule has 31 heavy (non-hydrogen) atoms. The molecule has 1 aromatic carbocycles. The number of nitrogens with zero attached hydrogens (tertiary/aromatic N) is 1. The number of benzene rings is 1. The third kappa shape index (κ3) is 4.85. The van der Waals surface area contributed by atoms with Gasteiger partial charge >= 0.3 is 11.9 Å². The summed E-state index contributed by atoms with van der Waals surface area (Å²) in [6, 6.07) is 8.25. The third-order valence-electron chi connectivity index (χ3n) is 6.32. The van der Waals surface area contributed by atoms with Gasteiger partial charge in [0.2, 0.25) is 0 Å². The van der Waals surface area contributed by atoms with Crippen molar-refractivity contribution in [2.45, 2.75) is 54.4 Å². The third-order valence-corrected chi connectivity index (χ3v) is 6.32. The van der Waals surface area contributed by atoms with Gasteiger partial charge in [-0.05, 0) is 60.1 Å². The molecule has 0 saturated heterocycles. The second-order valence-electron chi connectivity index (χ2n) is 7.77. The van der Waals surface area contributed by atoms with E-state index in [-0.39, 0.29) is 13.2 Å². The van der Waals surface area contributed by atoms with Crippen molar-refractivity contribution < 1.29 is 19.1 Å². The quantitative estimate of drug-likeness (QED) is 0.465. The van der Waals surface area contributed by atoms with E-state index in [2.05, 4.69) is 38.2 Å². The molecule has 2 rings (SSSR count). The maximum Gasteiger partial charge on any atom is 0.336 e. The predicted molar refractivity (Wildman–Crippen MR) is 124 cm³/mol. The van der Waals surface area contributed by atoms with Gasteiger partial charge in [-0.15, -0.1) is 0 Å². The van der Waals surface area contributed by atoms with Crippen molar-refractivity contribution in [2.75, 3.05) is 32.8 Å². The van der Waals surface area contributed by atoms with E-state index in [0.29, 0.717) is 22.5 Å². The number of allylic oxidation sites excluding steroid dienone is 2. The molecule has 170 valence electrons. The monoisotopic (exact) mass is 429 g/mol. The fraction of sp³-hybridized carbons (Fsp3) is 0.520. The largest absolute Gasteiger partial charge is 0.463 e. The molecule has 1 N–H and O–H groups in total. The first-order valence-electron chi connectivity index (χ1n) is 11.3. The SMILES string of the molecule is CCOC(=O)C1=C(C)NC(C)=C(C(=O)OCC)C1c1cccc([N+](CC)(CC)CC)c1. The molecule has 1 aliphatic heterocycles. The van der Waals surface area contributed by atoms with Gasteiger partial charge in [0.05, 0.1) is 49.9 Å². The van der Waals surface area contributed by atoms with Crippen LogP contribution in [-0.4, -0.2) is 44.8 Å². The molecule has 0 fully saturated rings. The first kappa shape index (κ1) is 24.7. The molecule has 0 spiro atoms. The molecule has 0 aromatic heterocycles. The van der Waals surface area contributed by atoms with Gasteiger partial charge < -0.3 is 14.8 Å². The lowest BCUT2D eigenvalue weighted by Gasteiger charge is -2.36. The number of rotatable bonds is 9. The summed E-state index contributed by atoms with van der Waals surface area (Å²) in [6.45, 7) is 17.2. The van der Waals surface area contributed by atoms with Crippen LogP contribution in [0.25, 0.3) is 0 Å². The van der Waals surface area contributed by atoms with Crippen LogP contribution in [-0.2, 0) is 19.1 Å². The Hall–Kier alpha value is -2.60. The standard InChI is InChI=1S/C25H36N2O4/c1-8-27(9-2,10-3)20-15-13-14-19(16-20)23-21(24(28)30-11-4)17(6)26-18(7)22(23)25(29)31-12-5/h13-16,23H,8-12H2,1-7H3/p+1. The smallest absolute Gasteiger partial charge is 0.336 e. The van der Waals surface area contributed by atoms with E-state index >= 15 is 0 Å². The van der Waals surface area contributed by atoms with Gasteiger partial charge in [0.25, 0.3) is 0 Å². The molecular formula is C25H37N2O4+. The van der Waals surface area contributed by atoms with E-state index in [4.69, 9.17) is 9.47 Å². The Morgan fingerprint density at radius 2 is 1.35 bits per heavy atom. The molecular weight excluding hydrogens is 392 g/mol. The van der Waals surface area contributed by atoms with Crippen molar-refractivity contribution in [1.29, 1.82) is 0 Å². The summed E-state index contributed by atoms with van der Waals surface area (Å²) < 4.78 is 11.6. The molecule has 0 saturated carbocycles. The molecule has 0 aliphatic carbocycles. The molecule has 0 unspecified atom stereocenters. The van der Waals surface area contributed by atoms with Crippen molar-refractivity contribution in [3.05, 3.63) is 52.4 Å². The second-order valence-corrected chi connectivity index (χ2v) is 7.77. The fourth-order valence-corrected chi connectivity index (χ4v) is 4.50. The normalized spacial score (nSPS) is 15.1. The van der Waals surface area contributed by atoms with Crippen LogP contribution >= 0.6 is 0 Å². The zero-order chi connectivity index (χ0) is 23.2. The van der Waals surface area contributed by atoms with Gasteiger partial charge in [-0.2, -0.15) is 0 Å². The number of esters is 2. The summed E-state index contributed by atoms with van der Waals surface area (Å²) in [5.74, 6) is -1.38. The number of hydrogen-bond donors (Lipinski definition) is 1. The first-order valence-corrected chi connectivity index (χ1v) is 11.3. The van der Waals surface area contributed by atoms with Crippen LogP contribution in [0.5, 0.6) is 0 Å². The molecule has 0 bridgehead atoms. The zero-order valence-corrected chi connectivity index (χ0v) is 20.0. The molecule has 6 heteroatoms. The topological polar surface area (TPSA) is 64.6 Å². The lowest BCUT2D eigenvalue weighted by Crippen LogP contribution is -2.48. The summed E-state index contributed by atoms with van der Waals surface area (Å²) >= 11 is 0. The predicted octanol–water partition coefficient (Wildman–Crippen LogP) is 4.41. The van der Waals surface area contributed by atoms with Gasteiger partial charge in [0, 0.05) is 17.5 Å². The number of quaternary nitrogens is 1. The van der Waals surface area contributed by atoms with Crippen LogP contribution in [0.1, 0.15) is 59.9 Å². The van der Waals surface area contributed by atoms with Gasteiger partial charge in [-0.3, -0.25) is 4.48 Å². The Kier molecular flexibility index (Phi) is 8.45. The van der Waals surface area contributed by atoms with Crippen molar-refractivity contribution >= 4 is 17.6 Å². The maximum atomic E-state index is 13.0. The zero-order valence-electron chi connectivity index (χ0n) is 20.0. The molecule has 6 nitrogen and oxygen atoms in total. The van der Waals surface area contributed by atoms with Gasteiger partial charge in [-0.25, -0.2) is 9.59 Å². The van der Waals surface area contributed by atoms with Crippen molar-refractivity contribution in [3.63, 3.8) is 0 Å². The maximum absolute atomic E-state index is 13.0. The minimum atomic E-state index is -0.549. The van der Waals surface area contributed by atoms with Crippen LogP contribution in [0.2, 0.25) is 0 Å². The summed E-state index contributed by atoms with van der Waals surface area (Å²) in [5, 5.41) is 3.19. The number of carbonyl (C=O) groups excluding carboxylic acids is 2. The number of dihydropyridines is 1. The van der Waals surface area contributed by atoms with Gasteiger partial charge in [0.15, 0.2) is 0 Å². The number of carbonyl (C=O) groups is 2. The van der Waals surface area contributed by atoms with E-state index < -0.39 is 17.9 Å². The van der Waals surface area contributed by atoms with Crippen molar-refractivity contribution in [2.24, 2.45) is 0 Å². The lowest BCUT2D eigenvalue weighted by atomic mass is 9.80. The van der Waals surface area contributed by atoms with Crippen LogP contribution in [0.15, 0.2) is 46.8 Å². The Labute approximate surface area is 186 Å². The van der Waals surface area contributed by atoms with Gasteiger partial charge in [0.1, 0.15) is 5.69 Å². The highest BCUT2D eigenvalue weighted by molar-refractivity contribution is 6.00. The van der Waals surface area contributed by atoms with Crippen LogP contribution in [0.3, 0.4) is 0 Å². The fourth-order valence-electron chi connectivity index (χ4n) is 4.50. The Morgan fingerprint density at radius 3 is 1.77 bits per heavy atom. The summed E-state index contributed by atoms with van der Waals surface area (Å²) in [7, 11) is 0. The highest BCUT2D eigenvalue weighted by atomic mass is 16.5. The van der Waals surface area contributed by atoms with Crippen LogP contribution in [0.4, 0.5) is 5.69 Å². The lowest BCUT2D eigenvalue weighted by molar-refractivity contribution is -0.139. The molecule has 1 aromatic rings. The van der Waals surface area contributed by atoms with E-state index in [1.165, 1.54) is 5.69 Å². The van der Waals surface area contributed by atoms with E-state index in [1.54, 1.807) is 13.8 Å². The minimum Gasteiger partial charge on any atom is -0.463 e. The van der Waals surface area contributed by atoms with E-state index in [9.17, 15) is 9.59 Å². The molecule has 0 radical (unpaired) electrons. The second kappa shape index (κ2) is 10.6. The first-order chi connectivity index (χ1) is 14.8. The van der Waals surface area contributed by atoms with Crippen LogP contribution < -0.4 is 9.80 Å². The van der Waals surface area contributed by atoms with Gasteiger partial charge in [-0.1, -0.05) is 12.1 Å². The highest BCUT2D eigenvalue weighted by Crippen LogP contribution is 2.40. The minimum absolute atomic E-state index is 0.265. The highest BCUT2D eigenvalue weighted by Gasteiger charge is 2.38. The van der Waals surface area contributed by atoms with Crippen LogP contribution in [0, 0.1) is 0 Å². The van der Waals surface area contributed by atoms with Crippen molar-refractivity contribution in [1.82, 2.24) is 9.80 Å². The average Bonchev–Trinajstić information content (AvgIpc) is 2.75. The summed E-state index contributed by atoms with van der Waals surface area (Å²) in [4.78, 5) is 26.0. The average molecular weight is 430 g/mol. The molecule has 1 aliphatic rings. The number of hydrogen-bond acceptors (Lipinski definition) is 5. The summed E-state index contributed by atoms with van der Waals surface area (Å²) in [5.41, 5.74) is 4.36. The molecule has 1 heterocycles. The number of ether oxygens (including phenoxy) is 2. The molecule has 0 atom stereocenters. The Morgan fingerprint density at radius 1 is 0.871 bits per heavy atom. The van der Waals surface area contributed by atoms with E-state index in [1.807, 2.05) is 26.0 Å². The summed E-state index contributed by atoms with van der Waals surface area (Å²) in [6.07, 6.45) is 0. The Bertz CT molecular complexity index is 833. The Balaban J connectivity index is 2.73. The van der Waals surface area contributed by atoms with E-state index in [0.717, 1.165) is 29.7 Å². The number of nitrogens with one attached hydrogen (secondary N) is 1. The molecule has 0 amide bonds. The van der Waals surface area contributed by atoms with Crippen molar-refractivity contribution in [3.8, 4) is 0 Å².